The van der Waals surface area contributed by atoms with Gasteiger partial charge < -0.3 is 20.1 Å². The molecule has 0 saturated heterocycles. The van der Waals surface area contributed by atoms with Crippen molar-refractivity contribution >= 4 is 19.7 Å². The summed E-state index contributed by atoms with van der Waals surface area (Å²) < 4.78 is 26.3. The molecule has 0 aliphatic carbocycles. The minimum atomic E-state index is -4.39. The number of hydrogen-bond donors (Lipinski definition) is 3. The van der Waals surface area contributed by atoms with Crippen molar-refractivity contribution in [2.45, 2.75) is 142 Å². The van der Waals surface area contributed by atoms with E-state index >= 15 is 0 Å². The molecule has 0 radical (unpaired) electrons. The average molecular weight is 592 g/mol. The molecule has 9 nitrogen and oxygen atoms in total. The van der Waals surface area contributed by atoms with Crippen molar-refractivity contribution in [2.24, 2.45) is 0 Å². The van der Waals surface area contributed by atoms with Gasteiger partial charge in [0, 0.05) is 19.4 Å². The van der Waals surface area contributed by atoms with E-state index in [4.69, 9.17) is 13.8 Å². The standard InChI is InChI=1S/C30H58NO8P/c1-3-5-7-8-9-10-11-12-13-14-15-16-17-18-19-21-22-29(33)31-24-25-38-40(35,36)39-27-28(32)26-37-30(34)23-20-6-4-2/h13-14,28,32H,3-12,15-27H2,1-2H3,(H,31,33)(H,35,36)/b14-13-. The Morgan fingerprint density at radius 2 is 1.27 bits per heavy atom. The van der Waals surface area contributed by atoms with Gasteiger partial charge in [-0.2, -0.15) is 0 Å². The van der Waals surface area contributed by atoms with E-state index in [-0.39, 0.29) is 32.1 Å². The summed E-state index contributed by atoms with van der Waals surface area (Å²) in [6, 6.07) is 0. The van der Waals surface area contributed by atoms with E-state index in [1.165, 1.54) is 64.2 Å². The molecule has 1 amide bonds. The zero-order valence-corrected chi connectivity index (χ0v) is 26.2. The Morgan fingerprint density at radius 1 is 0.750 bits per heavy atom. The molecule has 236 valence electrons. The van der Waals surface area contributed by atoms with Crippen molar-refractivity contribution in [1.82, 2.24) is 5.32 Å². The molecule has 10 heteroatoms. The first-order valence-electron chi connectivity index (χ1n) is 15.7. The molecule has 0 aromatic heterocycles. The van der Waals surface area contributed by atoms with Crippen molar-refractivity contribution in [2.75, 3.05) is 26.4 Å². The number of unbranched alkanes of at least 4 members (excludes halogenated alkanes) is 14. The third-order valence-corrected chi connectivity index (χ3v) is 7.43. The maximum atomic E-state index is 11.9. The largest absolute Gasteiger partial charge is 0.472 e. The summed E-state index contributed by atoms with van der Waals surface area (Å²) in [5.74, 6) is -0.551. The lowest BCUT2D eigenvalue weighted by Crippen LogP contribution is -2.27. The number of amides is 1. The topological polar surface area (TPSA) is 131 Å². The molecule has 0 fully saturated rings. The van der Waals surface area contributed by atoms with Gasteiger partial charge in [0.2, 0.25) is 5.91 Å². The average Bonchev–Trinajstić information content (AvgIpc) is 2.93. The highest BCUT2D eigenvalue weighted by atomic mass is 31.2. The Morgan fingerprint density at radius 3 is 1.90 bits per heavy atom. The number of rotatable bonds is 29. The summed E-state index contributed by atoms with van der Waals surface area (Å²) in [5.41, 5.74) is 0. The lowest BCUT2D eigenvalue weighted by molar-refractivity contribution is -0.147. The zero-order valence-electron chi connectivity index (χ0n) is 25.3. The normalized spacial score (nSPS) is 13.8. The van der Waals surface area contributed by atoms with Crippen LogP contribution in [0.15, 0.2) is 12.2 Å². The van der Waals surface area contributed by atoms with Crippen LogP contribution in [-0.2, 0) is 27.9 Å². The Labute approximate surface area is 243 Å². The van der Waals surface area contributed by atoms with Crippen LogP contribution in [0.1, 0.15) is 136 Å². The van der Waals surface area contributed by atoms with E-state index in [2.05, 4.69) is 24.4 Å². The van der Waals surface area contributed by atoms with Gasteiger partial charge in [-0.1, -0.05) is 96.6 Å². The number of nitrogens with one attached hydrogen (secondary N) is 1. The number of phosphoric acid groups is 1. The number of carbonyl (C=O) groups excluding carboxylic acids is 2. The van der Waals surface area contributed by atoms with Gasteiger partial charge in [0.1, 0.15) is 12.7 Å². The highest BCUT2D eigenvalue weighted by Gasteiger charge is 2.23. The van der Waals surface area contributed by atoms with Gasteiger partial charge in [0.25, 0.3) is 0 Å². The molecular formula is C30H58NO8P. The third kappa shape index (κ3) is 28.3. The quantitative estimate of drug-likeness (QED) is 0.0362. The number of carbonyl (C=O) groups is 2. The van der Waals surface area contributed by atoms with Crippen LogP contribution < -0.4 is 5.32 Å². The maximum Gasteiger partial charge on any atom is 0.472 e. The van der Waals surface area contributed by atoms with Crippen molar-refractivity contribution in [1.29, 1.82) is 0 Å². The fourth-order valence-corrected chi connectivity index (χ4v) is 4.78. The number of hydrogen-bond acceptors (Lipinski definition) is 7. The number of phosphoric ester groups is 1. The zero-order chi connectivity index (χ0) is 29.7. The summed E-state index contributed by atoms with van der Waals surface area (Å²) in [6.07, 6.45) is 23.7. The smallest absolute Gasteiger partial charge is 0.463 e. The second-order valence-electron chi connectivity index (χ2n) is 10.4. The third-order valence-electron chi connectivity index (χ3n) is 6.45. The second kappa shape index (κ2) is 27.9. The van der Waals surface area contributed by atoms with E-state index in [9.17, 15) is 24.2 Å². The number of ether oxygens (including phenoxy) is 1. The molecule has 0 saturated carbocycles. The van der Waals surface area contributed by atoms with Gasteiger partial charge in [0.05, 0.1) is 13.2 Å². The molecule has 2 atom stereocenters. The SMILES string of the molecule is CCCCCCCCC/C=C\CCCCCCCC(=O)NCCOP(=O)(O)OCC(O)COC(=O)CCCCC. The highest BCUT2D eigenvalue weighted by molar-refractivity contribution is 7.47. The molecule has 3 N–H and O–H groups in total. The summed E-state index contributed by atoms with van der Waals surface area (Å²) in [6.45, 7) is 3.32. The number of aliphatic hydroxyl groups excluding tert-OH is 1. The predicted molar refractivity (Wildman–Crippen MR) is 160 cm³/mol. The molecule has 40 heavy (non-hydrogen) atoms. The summed E-state index contributed by atoms with van der Waals surface area (Å²) in [5, 5.41) is 12.4. The molecule has 0 aromatic rings. The van der Waals surface area contributed by atoms with Crippen molar-refractivity contribution in [3.05, 3.63) is 12.2 Å². The van der Waals surface area contributed by atoms with E-state index in [1.54, 1.807) is 0 Å². The van der Waals surface area contributed by atoms with Crippen molar-refractivity contribution in [3.63, 3.8) is 0 Å². The molecule has 0 rings (SSSR count). The van der Waals surface area contributed by atoms with Gasteiger partial charge in [-0.25, -0.2) is 4.57 Å². The maximum absolute atomic E-state index is 11.9. The van der Waals surface area contributed by atoms with E-state index in [0.717, 1.165) is 44.9 Å². The first-order valence-corrected chi connectivity index (χ1v) is 17.2. The molecule has 0 bridgehead atoms. The van der Waals surface area contributed by atoms with Crippen LogP contribution in [0.2, 0.25) is 0 Å². The lowest BCUT2D eigenvalue weighted by Gasteiger charge is -2.15. The van der Waals surface area contributed by atoms with Crippen LogP contribution in [0.5, 0.6) is 0 Å². The minimum Gasteiger partial charge on any atom is -0.463 e. The fraction of sp³-hybridized carbons (Fsp3) is 0.867. The van der Waals surface area contributed by atoms with Gasteiger partial charge in [-0.15, -0.1) is 0 Å². The van der Waals surface area contributed by atoms with Crippen LogP contribution in [0.3, 0.4) is 0 Å². The molecule has 0 heterocycles. The Balaban J connectivity index is 3.59. The first-order chi connectivity index (χ1) is 19.3. The summed E-state index contributed by atoms with van der Waals surface area (Å²) in [7, 11) is -4.39. The Hall–Kier alpha value is -1.25. The van der Waals surface area contributed by atoms with E-state index < -0.39 is 26.5 Å². The van der Waals surface area contributed by atoms with Crippen LogP contribution in [-0.4, -0.2) is 54.3 Å². The van der Waals surface area contributed by atoms with Crippen LogP contribution in [0.4, 0.5) is 0 Å². The van der Waals surface area contributed by atoms with Crippen LogP contribution >= 0.6 is 7.82 Å². The summed E-state index contributed by atoms with van der Waals surface area (Å²) >= 11 is 0. The molecule has 0 aromatic carbocycles. The van der Waals surface area contributed by atoms with Crippen molar-refractivity contribution < 1.29 is 37.9 Å². The van der Waals surface area contributed by atoms with Gasteiger partial charge >= 0.3 is 13.8 Å². The Kier molecular flexibility index (Phi) is 27.0. The first kappa shape index (κ1) is 38.8. The molecule has 2 unspecified atom stereocenters. The van der Waals surface area contributed by atoms with Gasteiger partial charge in [0.15, 0.2) is 0 Å². The lowest BCUT2D eigenvalue weighted by atomic mass is 10.1. The number of esters is 1. The van der Waals surface area contributed by atoms with Crippen molar-refractivity contribution in [3.8, 4) is 0 Å². The van der Waals surface area contributed by atoms with E-state index in [1.807, 2.05) is 6.92 Å². The Bertz CT molecular complexity index is 689. The second-order valence-corrected chi connectivity index (χ2v) is 11.9. The van der Waals surface area contributed by atoms with E-state index in [0.29, 0.717) is 6.42 Å². The monoisotopic (exact) mass is 591 g/mol. The van der Waals surface area contributed by atoms with Crippen LogP contribution in [0, 0.1) is 0 Å². The fourth-order valence-electron chi connectivity index (χ4n) is 4.02. The number of allylic oxidation sites excluding steroid dienone is 2. The molecular weight excluding hydrogens is 533 g/mol. The molecule has 0 aliphatic rings. The summed E-state index contributed by atoms with van der Waals surface area (Å²) in [4.78, 5) is 33.1. The minimum absolute atomic E-state index is 0.0792. The number of aliphatic hydroxyl groups is 1. The van der Waals surface area contributed by atoms with Gasteiger partial charge in [-0.3, -0.25) is 18.6 Å². The molecule has 0 spiro atoms. The van der Waals surface area contributed by atoms with Gasteiger partial charge in [-0.05, 0) is 38.5 Å². The molecule has 0 aliphatic heterocycles. The van der Waals surface area contributed by atoms with Crippen LogP contribution in [0.25, 0.3) is 0 Å². The highest BCUT2D eigenvalue weighted by Crippen LogP contribution is 2.42. The predicted octanol–water partition coefficient (Wildman–Crippen LogP) is 7.15.